The van der Waals surface area contributed by atoms with E-state index in [-0.39, 0.29) is 18.1 Å². The van der Waals surface area contributed by atoms with Gasteiger partial charge in [-0.25, -0.2) is 0 Å². The Morgan fingerprint density at radius 2 is 1.75 bits per heavy atom. The van der Waals surface area contributed by atoms with E-state index in [1.165, 1.54) is 12.1 Å². The Bertz CT molecular complexity index is 404. The van der Waals surface area contributed by atoms with Crippen LogP contribution < -0.4 is 11.3 Å². The Hall–Kier alpha value is -1.11. The average Bonchev–Trinajstić information content (AvgIpc) is 2.38. The second kappa shape index (κ2) is 7.06. The van der Waals surface area contributed by atoms with E-state index in [2.05, 4.69) is 5.43 Å². The molecule has 2 atom stereocenters. The summed E-state index contributed by atoms with van der Waals surface area (Å²) in [6, 6.07) is 4.63. The molecule has 1 rings (SSSR count). The highest BCUT2D eigenvalue weighted by atomic mass is 19.4. The molecule has 0 aliphatic carbocycles. The Morgan fingerprint density at radius 3 is 2.10 bits per heavy atom. The first-order valence-electron chi connectivity index (χ1n) is 6.56. The van der Waals surface area contributed by atoms with Crippen molar-refractivity contribution in [3.05, 3.63) is 35.4 Å². The zero-order valence-corrected chi connectivity index (χ0v) is 11.9. The van der Waals surface area contributed by atoms with Gasteiger partial charge in [0.1, 0.15) is 0 Å². The lowest BCUT2D eigenvalue weighted by molar-refractivity contribution is -0.137. The quantitative estimate of drug-likeness (QED) is 0.624. The Labute approximate surface area is 117 Å². The first kappa shape index (κ1) is 16.9. The second-order valence-corrected chi connectivity index (χ2v) is 4.93. The van der Waals surface area contributed by atoms with Crippen LogP contribution in [0.3, 0.4) is 0 Å². The van der Waals surface area contributed by atoms with Crippen molar-refractivity contribution in [1.29, 1.82) is 0 Å². The molecule has 3 N–H and O–H groups in total. The number of hydrogen-bond acceptors (Lipinski definition) is 3. The molecule has 114 valence electrons. The maximum absolute atomic E-state index is 12.5. The number of rotatable bonds is 6. The van der Waals surface area contributed by atoms with Crippen molar-refractivity contribution in [2.45, 2.75) is 39.1 Å². The highest BCUT2D eigenvalue weighted by Crippen LogP contribution is 2.31. The van der Waals surface area contributed by atoms with Crippen LogP contribution in [0.25, 0.3) is 0 Å². The van der Waals surface area contributed by atoms with Crippen LogP contribution in [0.1, 0.15) is 37.9 Å². The molecule has 0 saturated heterocycles. The molecule has 0 saturated carbocycles. The SMILES string of the molecule is CCOC(C(C)C)C(NN)c1ccc(C(F)(F)F)cc1. The van der Waals surface area contributed by atoms with Crippen molar-refractivity contribution in [3.63, 3.8) is 0 Å². The van der Waals surface area contributed by atoms with E-state index < -0.39 is 11.7 Å². The number of nitrogens with two attached hydrogens (primary N) is 1. The standard InChI is InChI=1S/C14H21F3N2O/c1-4-20-13(9(2)3)12(19-18)10-5-7-11(8-6-10)14(15,16)17/h5-9,12-13,19H,4,18H2,1-3H3. The predicted octanol–water partition coefficient (Wildman–Crippen LogP) is 3.27. The number of halogens is 3. The van der Waals surface area contributed by atoms with E-state index in [0.717, 1.165) is 12.1 Å². The second-order valence-electron chi connectivity index (χ2n) is 4.93. The molecule has 1 aromatic rings. The number of ether oxygens (including phenoxy) is 1. The van der Waals surface area contributed by atoms with E-state index in [1.54, 1.807) is 0 Å². The molecule has 0 aromatic heterocycles. The average molecular weight is 290 g/mol. The number of alkyl halides is 3. The molecule has 20 heavy (non-hydrogen) atoms. The van der Waals surface area contributed by atoms with Crippen LogP contribution in [0.15, 0.2) is 24.3 Å². The molecule has 3 nitrogen and oxygen atoms in total. The van der Waals surface area contributed by atoms with E-state index in [1.807, 2.05) is 20.8 Å². The van der Waals surface area contributed by atoms with Crippen molar-refractivity contribution < 1.29 is 17.9 Å². The topological polar surface area (TPSA) is 47.3 Å². The molecule has 0 heterocycles. The summed E-state index contributed by atoms with van der Waals surface area (Å²) in [7, 11) is 0. The van der Waals surface area contributed by atoms with Gasteiger partial charge in [-0.05, 0) is 30.5 Å². The zero-order chi connectivity index (χ0) is 15.3. The lowest BCUT2D eigenvalue weighted by Crippen LogP contribution is -2.40. The van der Waals surface area contributed by atoms with E-state index in [4.69, 9.17) is 10.6 Å². The minimum absolute atomic E-state index is 0.179. The third kappa shape index (κ3) is 4.19. The molecule has 0 spiro atoms. The summed E-state index contributed by atoms with van der Waals surface area (Å²) >= 11 is 0. The van der Waals surface area contributed by atoms with Crippen molar-refractivity contribution in [3.8, 4) is 0 Å². The molecule has 2 unspecified atom stereocenters. The summed E-state index contributed by atoms with van der Waals surface area (Å²) in [6.45, 7) is 6.35. The molecule has 0 aliphatic rings. The number of hydrazine groups is 1. The molecule has 0 bridgehead atoms. The number of benzene rings is 1. The van der Waals surface area contributed by atoms with E-state index in [9.17, 15) is 13.2 Å². The largest absolute Gasteiger partial charge is 0.416 e. The molecule has 6 heteroatoms. The van der Waals surface area contributed by atoms with Gasteiger partial charge in [0.05, 0.1) is 17.7 Å². The lowest BCUT2D eigenvalue weighted by Gasteiger charge is -2.30. The summed E-state index contributed by atoms with van der Waals surface area (Å²) < 4.78 is 43.3. The minimum Gasteiger partial charge on any atom is -0.376 e. The smallest absolute Gasteiger partial charge is 0.376 e. The normalized spacial score (nSPS) is 15.4. The van der Waals surface area contributed by atoms with Crippen LogP contribution in [0.4, 0.5) is 13.2 Å². The molecule has 0 radical (unpaired) electrons. The van der Waals surface area contributed by atoms with Gasteiger partial charge in [0.2, 0.25) is 0 Å². The van der Waals surface area contributed by atoms with Crippen molar-refractivity contribution in [2.24, 2.45) is 11.8 Å². The van der Waals surface area contributed by atoms with Gasteiger partial charge in [-0.15, -0.1) is 0 Å². The summed E-state index contributed by atoms with van der Waals surface area (Å²) in [5.74, 6) is 5.72. The van der Waals surface area contributed by atoms with Crippen LogP contribution in [-0.2, 0) is 10.9 Å². The van der Waals surface area contributed by atoms with Gasteiger partial charge in [-0.1, -0.05) is 26.0 Å². The van der Waals surface area contributed by atoms with E-state index in [0.29, 0.717) is 12.2 Å². The first-order valence-corrected chi connectivity index (χ1v) is 6.56. The molecule has 0 aliphatic heterocycles. The highest BCUT2D eigenvalue weighted by molar-refractivity contribution is 5.27. The van der Waals surface area contributed by atoms with Gasteiger partial charge < -0.3 is 4.74 Å². The maximum atomic E-state index is 12.5. The monoisotopic (exact) mass is 290 g/mol. The molecular formula is C14H21F3N2O. The van der Waals surface area contributed by atoms with Gasteiger partial charge in [0.25, 0.3) is 0 Å². The predicted molar refractivity (Wildman–Crippen MR) is 71.8 cm³/mol. The molecule has 1 aromatic carbocycles. The van der Waals surface area contributed by atoms with Crippen molar-refractivity contribution in [2.75, 3.05) is 6.61 Å². The fourth-order valence-electron chi connectivity index (χ4n) is 2.13. The fraction of sp³-hybridized carbons (Fsp3) is 0.571. The van der Waals surface area contributed by atoms with Gasteiger partial charge in [0, 0.05) is 6.61 Å². The van der Waals surface area contributed by atoms with Crippen molar-refractivity contribution in [1.82, 2.24) is 5.43 Å². The third-order valence-electron chi connectivity index (χ3n) is 3.12. The Balaban J connectivity index is 3.00. The first-order chi connectivity index (χ1) is 9.31. The highest BCUT2D eigenvalue weighted by Gasteiger charge is 2.31. The van der Waals surface area contributed by atoms with Gasteiger partial charge in [0.15, 0.2) is 0 Å². The number of nitrogens with one attached hydrogen (secondary N) is 1. The number of hydrogen-bond donors (Lipinski definition) is 2. The van der Waals surface area contributed by atoms with Crippen LogP contribution in [-0.4, -0.2) is 12.7 Å². The summed E-state index contributed by atoms with van der Waals surface area (Å²) in [5, 5.41) is 0. The Kier molecular flexibility index (Phi) is 5.98. The maximum Gasteiger partial charge on any atom is 0.416 e. The van der Waals surface area contributed by atoms with E-state index >= 15 is 0 Å². The third-order valence-corrected chi connectivity index (χ3v) is 3.12. The van der Waals surface area contributed by atoms with Crippen LogP contribution in [0.5, 0.6) is 0 Å². The lowest BCUT2D eigenvalue weighted by atomic mass is 9.93. The molecule has 0 amide bonds. The summed E-state index contributed by atoms with van der Waals surface area (Å²) in [4.78, 5) is 0. The summed E-state index contributed by atoms with van der Waals surface area (Å²) in [6.07, 6.45) is -4.54. The molecular weight excluding hydrogens is 269 g/mol. The van der Waals surface area contributed by atoms with Crippen LogP contribution in [0, 0.1) is 5.92 Å². The fourth-order valence-corrected chi connectivity index (χ4v) is 2.13. The van der Waals surface area contributed by atoms with Crippen molar-refractivity contribution >= 4 is 0 Å². The van der Waals surface area contributed by atoms with Gasteiger partial charge >= 0.3 is 6.18 Å². The van der Waals surface area contributed by atoms with Crippen LogP contribution in [0.2, 0.25) is 0 Å². The minimum atomic E-state index is -4.33. The van der Waals surface area contributed by atoms with Gasteiger partial charge in [-0.2, -0.15) is 13.2 Å². The van der Waals surface area contributed by atoms with Crippen LogP contribution >= 0.6 is 0 Å². The zero-order valence-electron chi connectivity index (χ0n) is 11.9. The van der Waals surface area contributed by atoms with Gasteiger partial charge in [-0.3, -0.25) is 11.3 Å². The Morgan fingerprint density at radius 1 is 1.20 bits per heavy atom. The summed E-state index contributed by atoms with van der Waals surface area (Å²) in [5.41, 5.74) is 2.64. The molecule has 0 fully saturated rings.